The molecule has 1 aromatic carbocycles. The van der Waals surface area contributed by atoms with Gasteiger partial charge in [0.25, 0.3) is 0 Å². The first kappa shape index (κ1) is 17.4. The van der Waals surface area contributed by atoms with Gasteiger partial charge in [-0.3, -0.25) is 4.79 Å². The van der Waals surface area contributed by atoms with Crippen molar-refractivity contribution < 1.29 is 14.6 Å². The van der Waals surface area contributed by atoms with E-state index in [1.54, 1.807) is 0 Å². The molecule has 0 bridgehead atoms. The van der Waals surface area contributed by atoms with Crippen molar-refractivity contribution in [2.75, 3.05) is 13.1 Å². The highest BCUT2D eigenvalue weighted by atomic mass is 16.5. The molecular formula is C20H29NO3. The molecule has 1 aliphatic carbocycles. The molecule has 2 atom stereocenters. The summed E-state index contributed by atoms with van der Waals surface area (Å²) in [5.41, 5.74) is 1.89. The molecule has 1 saturated heterocycles. The molecule has 1 saturated carbocycles. The van der Waals surface area contributed by atoms with Crippen LogP contribution in [-0.2, 0) is 22.6 Å². The number of hydrogen-bond acceptors (Lipinski definition) is 3. The Labute approximate surface area is 144 Å². The molecule has 1 aliphatic heterocycles. The SMILES string of the molecule is CCCC[C@@H]1CN(C(=O)Cc2ccc(CO)cc2)C[C@H](C2CC2)O1. The van der Waals surface area contributed by atoms with Crippen LogP contribution in [0.1, 0.15) is 50.2 Å². The molecular weight excluding hydrogens is 302 g/mol. The Morgan fingerprint density at radius 3 is 2.54 bits per heavy atom. The van der Waals surface area contributed by atoms with Crippen molar-refractivity contribution in [3.63, 3.8) is 0 Å². The first-order valence-corrected chi connectivity index (χ1v) is 9.31. The second-order valence-corrected chi connectivity index (χ2v) is 7.23. The van der Waals surface area contributed by atoms with Crippen LogP contribution in [0.15, 0.2) is 24.3 Å². The first-order valence-electron chi connectivity index (χ1n) is 9.31. The number of aliphatic hydroxyl groups excluding tert-OH is 1. The number of nitrogens with zero attached hydrogens (tertiary/aromatic N) is 1. The van der Waals surface area contributed by atoms with E-state index in [0.717, 1.165) is 37.1 Å². The van der Waals surface area contributed by atoms with Gasteiger partial charge in [-0.15, -0.1) is 0 Å². The molecule has 0 radical (unpaired) electrons. The molecule has 1 N–H and O–H groups in total. The molecule has 0 spiro atoms. The van der Waals surface area contributed by atoms with Gasteiger partial charge in [0, 0.05) is 13.1 Å². The van der Waals surface area contributed by atoms with Gasteiger partial charge in [0.15, 0.2) is 0 Å². The lowest BCUT2D eigenvalue weighted by Gasteiger charge is -2.38. The molecule has 2 aliphatic rings. The summed E-state index contributed by atoms with van der Waals surface area (Å²) < 4.78 is 6.25. The monoisotopic (exact) mass is 331 g/mol. The quantitative estimate of drug-likeness (QED) is 0.836. The fourth-order valence-corrected chi connectivity index (χ4v) is 3.44. The van der Waals surface area contributed by atoms with Crippen LogP contribution in [0.25, 0.3) is 0 Å². The number of carbonyl (C=O) groups is 1. The third-order valence-corrected chi connectivity index (χ3v) is 5.13. The number of amides is 1. The fourth-order valence-electron chi connectivity index (χ4n) is 3.44. The minimum atomic E-state index is 0.0415. The zero-order chi connectivity index (χ0) is 16.9. The van der Waals surface area contributed by atoms with Crippen LogP contribution in [0.3, 0.4) is 0 Å². The minimum absolute atomic E-state index is 0.0415. The standard InChI is InChI=1S/C20H29NO3/c1-2-3-4-18-12-21(13-19(24-18)17-9-10-17)20(23)11-15-5-7-16(14-22)8-6-15/h5-8,17-19,22H,2-4,9-14H2,1H3/t18-,19-/m1/s1. The molecule has 2 fully saturated rings. The maximum atomic E-state index is 12.8. The van der Waals surface area contributed by atoms with Crippen molar-refractivity contribution in [1.82, 2.24) is 4.90 Å². The zero-order valence-corrected chi connectivity index (χ0v) is 14.6. The Morgan fingerprint density at radius 1 is 1.21 bits per heavy atom. The number of aliphatic hydroxyl groups is 1. The highest BCUT2D eigenvalue weighted by Crippen LogP contribution is 2.37. The van der Waals surface area contributed by atoms with E-state index in [9.17, 15) is 4.79 Å². The van der Waals surface area contributed by atoms with E-state index in [1.807, 2.05) is 29.2 Å². The van der Waals surface area contributed by atoms with E-state index in [0.29, 0.717) is 12.3 Å². The van der Waals surface area contributed by atoms with Crippen molar-refractivity contribution in [2.45, 2.75) is 64.3 Å². The summed E-state index contributed by atoms with van der Waals surface area (Å²) >= 11 is 0. The lowest BCUT2D eigenvalue weighted by atomic mass is 10.0. The third-order valence-electron chi connectivity index (χ3n) is 5.13. The smallest absolute Gasteiger partial charge is 0.227 e. The summed E-state index contributed by atoms with van der Waals surface area (Å²) in [7, 11) is 0. The van der Waals surface area contributed by atoms with Crippen molar-refractivity contribution in [3.05, 3.63) is 35.4 Å². The highest BCUT2D eigenvalue weighted by Gasteiger charge is 2.39. The summed E-state index contributed by atoms with van der Waals surface area (Å²) in [6.45, 7) is 3.72. The van der Waals surface area contributed by atoms with E-state index in [2.05, 4.69) is 6.92 Å². The molecule has 0 aromatic heterocycles. The van der Waals surface area contributed by atoms with Crippen molar-refractivity contribution in [2.24, 2.45) is 5.92 Å². The summed E-state index contributed by atoms with van der Waals surface area (Å²) in [6, 6.07) is 7.66. The summed E-state index contributed by atoms with van der Waals surface area (Å²) in [4.78, 5) is 14.8. The van der Waals surface area contributed by atoms with Gasteiger partial charge in [-0.25, -0.2) is 0 Å². The molecule has 4 nitrogen and oxygen atoms in total. The topological polar surface area (TPSA) is 49.8 Å². The Hall–Kier alpha value is -1.39. The molecule has 1 amide bonds. The van der Waals surface area contributed by atoms with Crippen molar-refractivity contribution >= 4 is 5.91 Å². The van der Waals surface area contributed by atoms with Crippen molar-refractivity contribution in [3.8, 4) is 0 Å². The Bertz CT molecular complexity index is 538. The van der Waals surface area contributed by atoms with Crippen LogP contribution in [0.4, 0.5) is 0 Å². The van der Waals surface area contributed by atoms with E-state index < -0.39 is 0 Å². The predicted octanol–water partition coefficient (Wildman–Crippen LogP) is 2.92. The second-order valence-electron chi connectivity index (χ2n) is 7.23. The van der Waals surface area contributed by atoms with Crippen LogP contribution in [0, 0.1) is 5.92 Å². The molecule has 24 heavy (non-hydrogen) atoms. The number of benzene rings is 1. The number of ether oxygens (including phenoxy) is 1. The Balaban J connectivity index is 1.60. The van der Waals surface area contributed by atoms with Crippen molar-refractivity contribution in [1.29, 1.82) is 0 Å². The van der Waals surface area contributed by atoms with Gasteiger partial charge in [0.1, 0.15) is 0 Å². The number of rotatable bonds is 7. The third kappa shape index (κ3) is 4.58. The molecule has 0 unspecified atom stereocenters. The van der Waals surface area contributed by atoms with E-state index in [4.69, 9.17) is 9.84 Å². The average Bonchev–Trinajstić information content (AvgIpc) is 3.45. The van der Waals surface area contributed by atoms with E-state index >= 15 is 0 Å². The largest absolute Gasteiger partial charge is 0.392 e. The Morgan fingerprint density at radius 2 is 1.92 bits per heavy atom. The van der Waals surface area contributed by atoms with Gasteiger partial charge in [0.2, 0.25) is 5.91 Å². The van der Waals surface area contributed by atoms with Gasteiger partial charge in [-0.2, -0.15) is 0 Å². The molecule has 132 valence electrons. The zero-order valence-electron chi connectivity index (χ0n) is 14.6. The maximum Gasteiger partial charge on any atom is 0.227 e. The summed E-state index contributed by atoms with van der Waals surface area (Å²) in [5, 5.41) is 9.11. The lowest BCUT2D eigenvalue weighted by Crippen LogP contribution is -2.51. The molecule has 4 heteroatoms. The summed E-state index contributed by atoms with van der Waals surface area (Å²) in [5.74, 6) is 0.857. The average molecular weight is 331 g/mol. The van der Waals surface area contributed by atoms with Crippen LogP contribution in [0.5, 0.6) is 0 Å². The van der Waals surface area contributed by atoms with Crippen LogP contribution in [-0.4, -0.2) is 41.2 Å². The van der Waals surface area contributed by atoms with Gasteiger partial charge < -0.3 is 14.7 Å². The van der Waals surface area contributed by atoms with Gasteiger partial charge >= 0.3 is 0 Å². The van der Waals surface area contributed by atoms with Gasteiger partial charge in [0.05, 0.1) is 25.2 Å². The number of carbonyl (C=O) groups excluding carboxylic acids is 1. The van der Waals surface area contributed by atoms with E-state index in [-0.39, 0.29) is 24.7 Å². The normalized spacial score (nSPS) is 24.2. The van der Waals surface area contributed by atoms with Crippen LogP contribution < -0.4 is 0 Å². The first-order chi connectivity index (χ1) is 11.7. The fraction of sp³-hybridized carbons (Fsp3) is 0.650. The molecule has 3 rings (SSSR count). The van der Waals surface area contributed by atoms with Gasteiger partial charge in [-0.05, 0) is 36.3 Å². The minimum Gasteiger partial charge on any atom is -0.392 e. The Kier molecular flexibility index (Phi) is 5.90. The number of morpholine rings is 1. The van der Waals surface area contributed by atoms with Gasteiger partial charge in [-0.1, -0.05) is 44.0 Å². The lowest BCUT2D eigenvalue weighted by molar-refractivity contribution is -0.147. The maximum absolute atomic E-state index is 12.8. The molecule has 1 heterocycles. The number of hydrogen-bond donors (Lipinski definition) is 1. The highest BCUT2D eigenvalue weighted by molar-refractivity contribution is 5.79. The predicted molar refractivity (Wildman–Crippen MR) is 93.6 cm³/mol. The number of unbranched alkanes of at least 4 members (excludes halogenated alkanes) is 1. The van der Waals surface area contributed by atoms with Crippen LogP contribution in [0.2, 0.25) is 0 Å². The summed E-state index contributed by atoms with van der Waals surface area (Å²) in [6.07, 6.45) is 6.74. The van der Waals surface area contributed by atoms with Crippen LogP contribution >= 0.6 is 0 Å². The van der Waals surface area contributed by atoms with E-state index in [1.165, 1.54) is 19.3 Å². The second kappa shape index (κ2) is 8.13. The molecule has 1 aromatic rings.